The van der Waals surface area contributed by atoms with Crippen LogP contribution in [-0.2, 0) is 9.53 Å². The fraction of sp³-hybridized carbons (Fsp3) is 0.909. The van der Waals surface area contributed by atoms with Gasteiger partial charge in [-0.05, 0) is 32.1 Å². The Labute approximate surface area is 95.3 Å². The maximum absolute atomic E-state index is 11.9. The molecule has 2 rings (SSSR count). The van der Waals surface area contributed by atoms with Gasteiger partial charge in [0.15, 0.2) is 0 Å². The summed E-state index contributed by atoms with van der Waals surface area (Å²) in [5.41, 5.74) is 5.10. The highest BCUT2D eigenvalue weighted by Gasteiger charge is 2.39. The van der Waals surface area contributed by atoms with Crippen molar-refractivity contribution in [2.75, 3.05) is 13.2 Å². The van der Waals surface area contributed by atoms with Gasteiger partial charge < -0.3 is 20.9 Å². The first kappa shape index (κ1) is 11.8. The molecule has 1 aliphatic carbocycles. The van der Waals surface area contributed by atoms with Gasteiger partial charge in [-0.15, -0.1) is 0 Å². The maximum atomic E-state index is 11.9. The number of carbonyl (C=O) groups is 1. The van der Waals surface area contributed by atoms with Crippen LogP contribution in [0.25, 0.3) is 0 Å². The molecule has 1 aliphatic heterocycles. The summed E-state index contributed by atoms with van der Waals surface area (Å²) in [6.45, 7) is 0.852. The van der Waals surface area contributed by atoms with Gasteiger partial charge in [-0.3, -0.25) is 4.79 Å². The second-order valence-electron chi connectivity index (χ2n) is 4.95. The second kappa shape index (κ2) is 4.69. The van der Waals surface area contributed by atoms with Gasteiger partial charge in [-0.2, -0.15) is 0 Å². The average Bonchev–Trinajstić information content (AvgIpc) is 2.66. The van der Waals surface area contributed by atoms with E-state index >= 15 is 0 Å². The molecule has 0 spiro atoms. The summed E-state index contributed by atoms with van der Waals surface area (Å²) in [5.74, 6) is -0.135. The summed E-state index contributed by atoms with van der Waals surface area (Å²) < 4.78 is 5.16. The van der Waals surface area contributed by atoms with Crippen molar-refractivity contribution in [3.05, 3.63) is 0 Å². The largest absolute Gasteiger partial charge is 0.393 e. The number of nitrogens with two attached hydrogens (primary N) is 1. The summed E-state index contributed by atoms with van der Waals surface area (Å²) in [6.07, 6.45) is 3.66. The number of ether oxygens (including phenoxy) is 1. The van der Waals surface area contributed by atoms with Gasteiger partial charge in [0.05, 0.1) is 12.7 Å². The Hall–Kier alpha value is -0.650. The van der Waals surface area contributed by atoms with Gasteiger partial charge in [-0.1, -0.05) is 0 Å². The summed E-state index contributed by atoms with van der Waals surface area (Å²) in [7, 11) is 0. The molecule has 2 aliphatic rings. The molecule has 1 heterocycles. The van der Waals surface area contributed by atoms with Gasteiger partial charge in [0, 0.05) is 12.6 Å². The lowest BCUT2D eigenvalue weighted by Crippen LogP contribution is -2.57. The minimum Gasteiger partial charge on any atom is -0.393 e. The van der Waals surface area contributed by atoms with Crippen LogP contribution < -0.4 is 11.1 Å². The third kappa shape index (κ3) is 2.53. The summed E-state index contributed by atoms with van der Waals surface area (Å²) in [5, 5.41) is 12.4. The molecule has 0 aromatic heterocycles. The molecule has 4 N–H and O–H groups in total. The molecular formula is C11H20N2O3. The van der Waals surface area contributed by atoms with Crippen LogP contribution in [0.5, 0.6) is 0 Å². The highest BCUT2D eigenvalue weighted by atomic mass is 16.5. The third-order valence-electron chi connectivity index (χ3n) is 3.49. The first-order valence-electron chi connectivity index (χ1n) is 5.96. The monoisotopic (exact) mass is 228 g/mol. The number of hydrogen-bond acceptors (Lipinski definition) is 4. The number of carbonyl (C=O) groups excluding carboxylic acids is 1. The highest BCUT2D eigenvalue weighted by molar-refractivity contribution is 5.86. The molecule has 5 heteroatoms. The molecule has 0 radical (unpaired) electrons. The number of nitrogens with one attached hydrogen (secondary N) is 1. The first-order valence-corrected chi connectivity index (χ1v) is 5.96. The van der Waals surface area contributed by atoms with Crippen LogP contribution in [0.4, 0.5) is 0 Å². The van der Waals surface area contributed by atoms with Gasteiger partial charge in [0.25, 0.3) is 0 Å². The van der Waals surface area contributed by atoms with E-state index in [1.165, 1.54) is 0 Å². The number of hydrogen-bond donors (Lipinski definition) is 3. The normalized spacial score (nSPS) is 39.6. The van der Waals surface area contributed by atoms with Crippen molar-refractivity contribution < 1.29 is 14.6 Å². The Morgan fingerprint density at radius 1 is 1.50 bits per heavy atom. The van der Waals surface area contributed by atoms with Crippen molar-refractivity contribution in [1.29, 1.82) is 0 Å². The van der Waals surface area contributed by atoms with Crippen molar-refractivity contribution in [3.8, 4) is 0 Å². The van der Waals surface area contributed by atoms with E-state index in [0.29, 0.717) is 26.1 Å². The SMILES string of the molecule is NC1(C(=O)NC2CCCC(O)C2)CCOC1. The van der Waals surface area contributed by atoms with Crippen molar-refractivity contribution in [2.45, 2.75) is 49.8 Å². The zero-order chi connectivity index (χ0) is 11.6. The molecule has 1 amide bonds. The quantitative estimate of drug-likeness (QED) is 0.596. The summed E-state index contributed by atoms with van der Waals surface area (Å²) in [6, 6.07) is 0.0669. The molecule has 3 unspecified atom stereocenters. The van der Waals surface area contributed by atoms with Crippen molar-refractivity contribution in [3.63, 3.8) is 0 Å². The Kier molecular flexibility index (Phi) is 3.47. The maximum Gasteiger partial charge on any atom is 0.242 e. The number of rotatable bonds is 2. The molecule has 1 saturated heterocycles. The Balaban J connectivity index is 1.86. The van der Waals surface area contributed by atoms with E-state index in [9.17, 15) is 9.90 Å². The van der Waals surface area contributed by atoms with E-state index in [-0.39, 0.29) is 18.1 Å². The summed E-state index contributed by atoms with van der Waals surface area (Å²) in [4.78, 5) is 11.9. The molecule has 2 fully saturated rings. The third-order valence-corrected chi connectivity index (χ3v) is 3.49. The zero-order valence-electron chi connectivity index (χ0n) is 9.45. The van der Waals surface area contributed by atoms with E-state index < -0.39 is 5.54 Å². The van der Waals surface area contributed by atoms with Gasteiger partial charge in [0.2, 0.25) is 5.91 Å². The van der Waals surface area contributed by atoms with E-state index in [1.807, 2.05) is 0 Å². The second-order valence-corrected chi connectivity index (χ2v) is 4.95. The standard InChI is InChI=1S/C11H20N2O3/c12-11(4-5-16-7-11)10(15)13-8-2-1-3-9(14)6-8/h8-9,14H,1-7,12H2,(H,13,15). The number of aliphatic hydroxyl groups excluding tert-OH is 1. The average molecular weight is 228 g/mol. The molecule has 0 aromatic rings. The number of amides is 1. The van der Waals surface area contributed by atoms with Crippen molar-refractivity contribution >= 4 is 5.91 Å². The lowest BCUT2D eigenvalue weighted by Gasteiger charge is -2.30. The first-order chi connectivity index (χ1) is 7.60. The lowest BCUT2D eigenvalue weighted by atomic mass is 9.91. The fourth-order valence-electron chi connectivity index (χ4n) is 2.38. The molecule has 0 bridgehead atoms. The summed E-state index contributed by atoms with van der Waals surface area (Å²) >= 11 is 0. The van der Waals surface area contributed by atoms with Crippen LogP contribution >= 0.6 is 0 Å². The molecule has 0 aromatic carbocycles. The minimum atomic E-state index is -0.859. The van der Waals surface area contributed by atoms with Crippen LogP contribution in [0, 0.1) is 0 Å². The highest BCUT2D eigenvalue weighted by Crippen LogP contribution is 2.20. The molecule has 16 heavy (non-hydrogen) atoms. The Morgan fingerprint density at radius 2 is 2.31 bits per heavy atom. The van der Waals surface area contributed by atoms with Crippen LogP contribution in [0.3, 0.4) is 0 Å². The van der Waals surface area contributed by atoms with Crippen molar-refractivity contribution in [2.24, 2.45) is 5.73 Å². The predicted molar refractivity (Wildman–Crippen MR) is 58.8 cm³/mol. The molecule has 3 atom stereocenters. The Bertz CT molecular complexity index is 264. The molecule has 92 valence electrons. The van der Waals surface area contributed by atoms with Crippen LogP contribution in [0.2, 0.25) is 0 Å². The van der Waals surface area contributed by atoms with Gasteiger partial charge in [-0.25, -0.2) is 0 Å². The minimum absolute atomic E-state index is 0.0669. The van der Waals surface area contributed by atoms with E-state index in [1.54, 1.807) is 0 Å². The lowest BCUT2D eigenvalue weighted by molar-refractivity contribution is -0.127. The molecular weight excluding hydrogens is 208 g/mol. The molecule has 1 saturated carbocycles. The predicted octanol–water partition coefficient (Wildman–Crippen LogP) is -0.476. The Morgan fingerprint density at radius 3 is 2.94 bits per heavy atom. The van der Waals surface area contributed by atoms with E-state index in [0.717, 1.165) is 19.3 Å². The topological polar surface area (TPSA) is 84.6 Å². The van der Waals surface area contributed by atoms with E-state index in [2.05, 4.69) is 5.32 Å². The van der Waals surface area contributed by atoms with Crippen LogP contribution in [0.1, 0.15) is 32.1 Å². The molecule has 5 nitrogen and oxygen atoms in total. The van der Waals surface area contributed by atoms with Crippen molar-refractivity contribution in [1.82, 2.24) is 5.32 Å². The van der Waals surface area contributed by atoms with Gasteiger partial charge >= 0.3 is 0 Å². The van der Waals surface area contributed by atoms with Crippen LogP contribution in [0.15, 0.2) is 0 Å². The zero-order valence-corrected chi connectivity index (χ0v) is 9.45. The smallest absolute Gasteiger partial charge is 0.242 e. The fourth-order valence-corrected chi connectivity index (χ4v) is 2.38. The number of aliphatic hydroxyl groups is 1. The van der Waals surface area contributed by atoms with Gasteiger partial charge in [0.1, 0.15) is 5.54 Å². The van der Waals surface area contributed by atoms with E-state index in [4.69, 9.17) is 10.5 Å². The van der Waals surface area contributed by atoms with Crippen LogP contribution in [-0.4, -0.2) is 41.9 Å².